The highest BCUT2D eigenvalue weighted by Gasteiger charge is 2.21. The minimum Gasteiger partial charge on any atom is -0.494 e. The maximum atomic E-state index is 14.6. The molecule has 0 aliphatic carbocycles. The first-order valence-electron chi connectivity index (χ1n) is 10.7. The monoisotopic (exact) mass is 536 g/mol. The zero-order valence-electron chi connectivity index (χ0n) is 19.6. The number of hydrogen-bond donors (Lipinski definition) is 0. The van der Waals surface area contributed by atoms with Crippen molar-refractivity contribution >= 4 is 33.0 Å². The second-order valence-corrected chi connectivity index (χ2v) is 9.69. The van der Waals surface area contributed by atoms with Gasteiger partial charge in [-0.3, -0.25) is 0 Å². The van der Waals surface area contributed by atoms with Crippen molar-refractivity contribution in [3.63, 3.8) is 0 Å². The van der Waals surface area contributed by atoms with Crippen LogP contribution in [0.2, 0.25) is 0 Å². The predicted molar refractivity (Wildman–Crippen MR) is 134 cm³/mol. The third kappa shape index (κ3) is 5.15. The molecule has 0 fully saturated rings. The Morgan fingerprint density at radius 2 is 1.80 bits per heavy atom. The summed E-state index contributed by atoms with van der Waals surface area (Å²) in [5.41, 5.74) is 2.20. The molecule has 0 spiro atoms. The maximum absolute atomic E-state index is 14.6. The van der Waals surface area contributed by atoms with E-state index in [4.69, 9.17) is 14.2 Å². The van der Waals surface area contributed by atoms with Gasteiger partial charge in [0, 0.05) is 27.2 Å². The lowest BCUT2D eigenvalue weighted by atomic mass is 10.1. The molecule has 4 rings (SSSR count). The highest BCUT2D eigenvalue weighted by molar-refractivity contribution is 9.10. The fraction of sp³-hybridized carbons (Fsp3) is 0.185. The lowest BCUT2D eigenvalue weighted by molar-refractivity contribution is 0.0205. The highest BCUT2D eigenvalue weighted by Crippen LogP contribution is 2.36. The van der Waals surface area contributed by atoms with Gasteiger partial charge in [-0.25, -0.2) is 9.18 Å². The zero-order chi connectivity index (χ0) is 25.3. The summed E-state index contributed by atoms with van der Waals surface area (Å²) in [7, 11) is 1.41. The normalized spacial score (nSPS) is 11.2. The van der Waals surface area contributed by atoms with Crippen molar-refractivity contribution in [2.45, 2.75) is 26.4 Å². The number of ether oxygens (including phenoxy) is 3. The molecule has 0 saturated heterocycles. The van der Waals surface area contributed by atoms with Gasteiger partial charge in [-0.15, -0.1) is 0 Å². The zero-order valence-corrected chi connectivity index (χ0v) is 21.1. The topological polar surface area (TPSA) is 73.5 Å². The van der Waals surface area contributed by atoms with Crippen molar-refractivity contribution in [2.24, 2.45) is 0 Å². The quantitative estimate of drug-likeness (QED) is 0.201. The van der Waals surface area contributed by atoms with Gasteiger partial charge in [0.15, 0.2) is 17.3 Å². The number of hydrogen-bond acceptors (Lipinski definition) is 5. The number of halogens is 2. The molecule has 0 aliphatic rings. The van der Waals surface area contributed by atoms with Crippen molar-refractivity contribution in [3.8, 4) is 34.5 Å². The molecule has 178 valence electrons. The van der Waals surface area contributed by atoms with Gasteiger partial charge in [0.1, 0.15) is 11.7 Å². The molecule has 1 aromatic heterocycles. The fourth-order valence-electron chi connectivity index (χ4n) is 3.69. The van der Waals surface area contributed by atoms with Gasteiger partial charge in [-0.05, 0) is 75.4 Å². The lowest BCUT2D eigenvalue weighted by Crippen LogP contribution is -2.26. The van der Waals surface area contributed by atoms with Gasteiger partial charge >= 0.3 is 6.16 Å². The number of rotatable bonds is 4. The number of carbonyl (C=O) groups is 1. The summed E-state index contributed by atoms with van der Waals surface area (Å²) in [4.78, 5) is 12.3. The summed E-state index contributed by atoms with van der Waals surface area (Å²) < 4.78 is 33.1. The number of fused-ring (bicyclic) bond motifs is 1. The summed E-state index contributed by atoms with van der Waals surface area (Å²) in [5.74, 6) is -0.285. The SMILES string of the molecule is COc1ccc(-c2cc3cc(Br)ccc3n2-c2ccc(C#N)c(OC(=O)OC(C)(C)C)c2)cc1F. The first kappa shape index (κ1) is 24.3. The average Bonchev–Trinajstić information content (AvgIpc) is 3.16. The van der Waals surface area contributed by atoms with Gasteiger partial charge in [-0.1, -0.05) is 15.9 Å². The molecule has 0 atom stereocenters. The van der Waals surface area contributed by atoms with Crippen molar-refractivity contribution in [2.75, 3.05) is 7.11 Å². The summed E-state index contributed by atoms with van der Waals surface area (Å²) in [6.07, 6.45) is -0.912. The second kappa shape index (κ2) is 9.43. The number of nitrogens with zero attached hydrogens (tertiary/aromatic N) is 2. The van der Waals surface area contributed by atoms with E-state index in [1.807, 2.05) is 34.9 Å². The molecule has 0 radical (unpaired) electrons. The van der Waals surface area contributed by atoms with E-state index in [1.54, 1.807) is 51.1 Å². The van der Waals surface area contributed by atoms with E-state index in [-0.39, 0.29) is 17.1 Å². The van der Waals surface area contributed by atoms with E-state index < -0.39 is 17.6 Å². The van der Waals surface area contributed by atoms with Crippen LogP contribution in [-0.2, 0) is 4.74 Å². The Morgan fingerprint density at radius 1 is 1.03 bits per heavy atom. The molecule has 6 nitrogen and oxygen atoms in total. The van der Waals surface area contributed by atoms with Gasteiger partial charge in [0.05, 0.1) is 23.9 Å². The Labute approximate surface area is 210 Å². The van der Waals surface area contributed by atoms with Gasteiger partial charge < -0.3 is 18.8 Å². The summed E-state index contributed by atoms with van der Waals surface area (Å²) in [6, 6.07) is 19.4. The van der Waals surface area contributed by atoms with Crippen LogP contribution in [0, 0.1) is 17.1 Å². The predicted octanol–water partition coefficient (Wildman–Crippen LogP) is 7.39. The average molecular weight is 537 g/mol. The molecule has 0 amide bonds. The molecule has 0 bridgehead atoms. The number of carbonyl (C=O) groups excluding carboxylic acids is 1. The Morgan fingerprint density at radius 3 is 2.46 bits per heavy atom. The van der Waals surface area contributed by atoms with Crippen molar-refractivity contribution in [1.82, 2.24) is 4.57 Å². The molecule has 0 saturated carbocycles. The smallest absolute Gasteiger partial charge is 0.494 e. The maximum Gasteiger partial charge on any atom is 0.514 e. The van der Waals surface area contributed by atoms with E-state index in [0.29, 0.717) is 16.9 Å². The number of methoxy groups -OCH3 is 1. The molecular formula is C27H22BrFN2O4. The van der Waals surface area contributed by atoms with Crippen molar-refractivity contribution < 1.29 is 23.4 Å². The molecule has 8 heteroatoms. The molecule has 0 aliphatic heterocycles. The third-order valence-corrected chi connectivity index (χ3v) is 5.63. The van der Waals surface area contributed by atoms with Gasteiger partial charge in [0.25, 0.3) is 0 Å². The molecule has 4 aromatic rings. The van der Waals surface area contributed by atoms with E-state index >= 15 is 0 Å². The molecule has 0 N–H and O–H groups in total. The summed E-state index contributed by atoms with van der Waals surface area (Å²) in [5, 5.41) is 10.5. The molecule has 3 aromatic carbocycles. The van der Waals surface area contributed by atoms with Crippen molar-refractivity contribution in [3.05, 3.63) is 76.5 Å². The van der Waals surface area contributed by atoms with E-state index in [0.717, 1.165) is 15.4 Å². The van der Waals surface area contributed by atoms with Crippen LogP contribution < -0.4 is 9.47 Å². The third-order valence-electron chi connectivity index (χ3n) is 5.14. The van der Waals surface area contributed by atoms with Crippen molar-refractivity contribution in [1.29, 1.82) is 5.26 Å². The van der Waals surface area contributed by atoms with E-state index in [2.05, 4.69) is 15.9 Å². The largest absolute Gasteiger partial charge is 0.514 e. The van der Waals surface area contributed by atoms with E-state index in [1.165, 1.54) is 13.2 Å². The first-order valence-corrected chi connectivity index (χ1v) is 11.5. The van der Waals surface area contributed by atoms with Crippen LogP contribution in [0.25, 0.3) is 27.8 Å². The van der Waals surface area contributed by atoms with Crippen LogP contribution in [0.3, 0.4) is 0 Å². The minimum atomic E-state index is -0.912. The molecule has 1 heterocycles. The Kier molecular flexibility index (Phi) is 6.55. The van der Waals surface area contributed by atoms with Gasteiger partial charge in [-0.2, -0.15) is 5.26 Å². The van der Waals surface area contributed by atoms with Crippen LogP contribution in [0.1, 0.15) is 26.3 Å². The first-order chi connectivity index (χ1) is 16.6. The molecular weight excluding hydrogens is 515 g/mol. The number of aromatic nitrogens is 1. The lowest BCUT2D eigenvalue weighted by Gasteiger charge is -2.19. The number of benzene rings is 3. The van der Waals surface area contributed by atoms with Gasteiger partial charge in [0.2, 0.25) is 0 Å². The Hall–Kier alpha value is -3.83. The van der Waals surface area contributed by atoms with Crippen LogP contribution in [0.15, 0.2) is 65.1 Å². The second-order valence-electron chi connectivity index (χ2n) is 8.78. The number of nitriles is 1. The summed E-state index contributed by atoms with van der Waals surface area (Å²) in [6.45, 7) is 5.17. The molecule has 35 heavy (non-hydrogen) atoms. The molecule has 0 unspecified atom stereocenters. The van der Waals surface area contributed by atoms with Crippen LogP contribution in [0.5, 0.6) is 11.5 Å². The van der Waals surface area contributed by atoms with Crippen LogP contribution in [0.4, 0.5) is 9.18 Å². The van der Waals surface area contributed by atoms with Crippen LogP contribution >= 0.6 is 15.9 Å². The fourth-order valence-corrected chi connectivity index (χ4v) is 4.07. The van der Waals surface area contributed by atoms with Crippen LogP contribution in [-0.4, -0.2) is 23.4 Å². The summed E-state index contributed by atoms with van der Waals surface area (Å²) >= 11 is 3.50. The van der Waals surface area contributed by atoms with E-state index in [9.17, 15) is 14.4 Å². The standard InChI is InChI=1S/C27H22BrFN2O4/c1-27(2,3)35-26(32)34-25-14-20(8-5-17(25)15-30)31-22-9-7-19(28)11-18(22)13-23(31)16-6-10-24(33-4)21(29)12-16/h5-14H,1-4H3. The Bertz CT molecular complexity index is 1480. The Balaban J connectivity index is 1.89. The minimum absolute atomic E-state index is 0.0603. The highest BCUT2D eigenvalue weighted by atomic mass is 79.9.